The van der Waals surface area contributed by atoms with E-state index in [-0.39, 0.29) is 0 Å². The second kappa shape index (κ2) is 10.9. The van der Waals surface area contributed by atoms with Crippen LogP contribution in [0.15, 0.2) is 54.6 Å². The lowest BCUT2D eigenvalue weighted by Crippen LogP contribution is -2.45. The van der Waals surface area contributed by atoms with Crippen molar-refractivity contribution in [2.75, 3.05) is 39.4 Å². The Bertz CT molecular complexity index is 1110. The van der Waals surface area contributed by atoms with Gasteiger partial charge in [-0.05, 0) is 56.5 Å². The lowest BCUT2D eigenvalue weighted by Gasteiger charge is -2.31. The molecule has 0 spiro atoms. The van der Waals surface area contributed by atoms with Crippen LogP contribution >= 0.6 is 0 Å². The quantitative estimate of drug-likeness (QED) is 0.478. The van der Waals surface area contributed by atoms with Crippen molar-refractivity contribution in [1.29, 1.82) is 0 Å². The van der Waals surface area contributed by atoms with E-state index in [9.17, 15) is 5.11 Å². The molecule has 7 heteroatoms. The summed E-state index contributed by atoms with van der Waals surface area (Å²) in [5.74, 6) is 1.54. The van der Waals surface area contributed by atoms with Gasteiger partial charge in [0.1, 0.15) is 5.75 Å². The van der Waals surface area contributed by atoms with Crippen molar-refractivity contribution in [2.24, 2.45) is 0 Å². The molecule has 1 atom stereocenters. The maximum atomic E-state index is 10.9. The molecule has 1 saturated carbocycles. The van der Waals surface area contributed by atoms with Crippen LogP contribution in [0.4, 0.5) is 0 Å². The van der Waals surface area contributed by atoms with Crippen molar-refractivity contribution in [3.8, 4) is 17.3 Å². The lowest BCUT2D eigenvalue weighted by atomic mass is 10.2. The summed E-state index contributed by atoms with van der Waals surface area (Å²) in [6.45, 7) is 9.41. The smallest absolute Gasteiger partial charge is 0.227 e. The molecule has 0 bridgehead atoms. The third-order valence-corrected chi connectivity index (χ3v) is 6.78. The lowest BCUT2D eigenvalue weighted by molar-refractivity contribution is 0.00545. The highest BCUT2D eigenvalue weighted by molar-refractivity contribution is 5.43. The van der Waals surface area contributed by atoms with Gasteiger partial charge in [-0.1, -0.05) is 30.3 Å². The van der Waals surface area contributed by atoms with Crippen LogP contribution in [0.3, 0.4) is 0 Å². The standard InChI is InChI=1S/C28H36N4O3/c1-21-7-6-10-26(17-21)35-28-27(22(2)29-32(28)24-8-4-3-5-9-24)20-31(23-11-12-23)19-25(33)18-30-13-15-34-16-14-30/h3-10,17,23,25,33H,11-16,18-20H2,1-2H3/t25-/m1/s1. The minimum Gasteiger partial charge on any atom is -0.439 e. The fourth-order valence-corrected chi connectivity index (χ4v) is 4.76. The summed E-state index contributed by atoms with van der Waals surface area (Å²) in [4.78, 5) is 4.71. The van der Waals surface area contributed by atoms with E-state index in [1.165, 1.54) is 12.8 Å². The number of aliphatic hydroxyl groups excluding tert-OH is 1. The zero-order chi connectivity index (χ0) is 24.2. The summed E-state index contributed by atoms with van der Waals surface area (Å²) in [6.07, 6.45) is 1.94. The van der Waals surface area contributed by atoms with E-state index in [0.29, 0.717) is 25.7 Å². The Morgan fingerprint density at radius 2 is 1.86 bits per heavy atom. The van der Waals surface area contributed by atoms with E-state index < -0.39 is 6.10 Å². The fourth-order valence-electron chi connectivity index (χ4n) is 4.76. The molecule has 2 heterocycles. The molecule has 1 saturated heterocycles. The molecule has 2 fully saturated rings. The Kier molecular flexibility index (Phi) is 7.48. The van der Waals surface area contributed by atoms with Crippen LogP contribution < -0.4 is 4.74 Å². The van der Waals surface area contributed by atoms with Crippen molar-refractivity contribution < 1.29 is 14.6 Å². The van der Waals surface area contributed by atoms with Crippen molar-refractivity contribution in [3.63, 3.8) is 0 Å². The Hall–Kier alpha value is -2.71. The Morgan fingerprint density at radius 3 is 2.57 bits per heavy atom. The molecule has 186 valence electrons. The van der Waals surface area contributed by atoms with Crippen LogP contribution in [0.2, 0.25) is 0 Å². The minimum atomic E-state index is -0.403. The number of β-amino-alcohol motifs (C(OH)–C–C–N with tert-alkyl or cyclic N) is 1. The number of morpholine rings is 1. The SMILES string of the molecule is Cc1cccc(Oc2c(CN(C[C@H](O)CN3CCOCC3)C3CC3)c(C)nn2-c2ccccc2)c1. The van der Waals surface area contributed by atoms with Crippen LogP contribution in [0.5, 0.6) is 11.6 Å². The molecule has 0 radical (unpaired) electrons. The monoisotopic (exact) mass is 476 g/mol. The summed E-state index contributed by atoms with van der Waals surface area (Å²) < 4.78 is 13.9. The average molecular weight is 477 g/mol. The first-order valence-electron chi connectivity index (χ1n) is 12.7. The van der Waals surface area contributed by atoms with Crippen molar-refractivity contribution in [2.45, 2.75) is 45.4 Å². The summed E-state index contributed by atoms with van der Waals surface area (Å²) in [5, 5.41) is 15.8. The molecule has 7 nitrogen and oxygen atoms in total. The predicted molar refractivity (Wildman–Crippen MR) is 136 cm³/mol. The first kappa shape index (κ1) is 24.0. The van der Waals surface area contributed by atoms with Crippen molar-refractivity contribution in [1.82, 2.24) is 19.6 Å². The summed E-state index contributed by atoms with van der Waals surface area (Å²) >= 11 is 0. The zero-order valence-corrected chi connectivity index (χ0v) is 20.8. The van der Waals surface area contributed by atoms with Crippen molar-refractivity contribution in [3.05, 3.63) is 71.4 Å². The number of nitrogens with zero attached hydrogens (tertiary/aromatic N) is 4. The van der Waals surface area contributed by atoms with Crippen LogP contribution in [-0.2, 0) is 11.3 Å². The van der Waals surface area contributed by atoms with Gasteiger partial charge in [-0.15, -0.1) is 0 Å². The minimum absolute atomic E-state index is 0.403. The molecular weight excluding hydrogens is 440 g/mol. The molecule has 1 aliphatic carbocycles. The largest absolute Gasteiger partial charge is 0.439 e. The molecule has 1 N–H and O–H groups in total. The van der Waals surface area contributed by atoms with E-state index in [0.717, 1.165) is 60.4 Å². The zero-order valence-electron chi connectivity index (χ0n) is 20.8. The van der Waals surface area contributed by atoms with E-state index >= 15 is 0 Å². The molecule has 0 unspecified atom stereocenters. The summed E-state index contributed by atoms with van der Waals surface area (Å²) in [5.41, 5.74) is 4.14. The van der Waals surface area contributed by atoms with Gasteiger partial charge in [0.05, 0.1) is 36.3 Å². The van der Waals surface area contributed by atoms with Gasteiger partial charge in [-0.3, -0.25) is 9.80 Å². The molecule has 35 heavy (non-hydrogen) atoms. The fraction of sp³-hybridized carbons (Fsp3) is 0.464. The highest BCUT2D eigenvalue weighted by Crippen LogP contribution is 2.35. The normalized spacial score (nSPS) is 17.6. The van der Waals surface area contributed by atoms with E-state index in [2.05, 4.69) is 22.8 Å². The van der Waals surface area contributed by atoms with E-state index in [1.54, 1.807) is 0 Å². The highest BCUT2D eigenvalue weighted by atomic mass is 16.5. The van der Waals surface area contributed by atoms with Gasteiger partial charge in [0.2, 0.25) is 5.88 Å². The molecule has 1 aromatic heterocycles. The third-order valence-electron chi connectivity index (χ3n) is 6.78. The van der Waals surface area contributed by atoms with Crippen molar-refractivity contribution >= 4 is 0 Å². The van der Waals surface area contributed by atoms with Gasteiger partial charge in [-0.2, -0.15) is 5.10 Å². The van der Waals surface area contributed by atoms with Crippen LogP contribution in [0, 0.1) is 13.8 Å². The Morgan fingerprint density at radius 1 is 1.09 bits per heavy atom. The Labute approximate surface area is 207 Å². The van der Waals surface area contributed by atoms with Crippen LogP contribution in [-0.4, -0.2) is 76.2 Å². The van der Waals surface area contributed by atoms with E-state index in [1.807, 2.05) is 60.1 Å². The second-order valence-electron chi connectivity index (χ2n) is 9.76. The molecule has 2 aromatic carbocycles. The first-order chi connectivity index (χ1) is 17.1. The number of para-hydroxylation sites is 1. The number of aryl methyl sites for hydroxylation is 2. The first-order valence-corrected chi connectivity index (χ1v) is 12.7. The maximum Gasteiger partial charge on any atom is 0.227 e. The van der Waals surface area contributed by atoms with Gasteiger partial charge in [0, 0.05) is 38.8 Å². The van der Waals surface area contributed by atoms with Gasteiger partial charge < -0.3 is 14.6 Å². The average Bonchev–Trinajstić information content (AvgIpc) is 3.66. The third kappa shape index (κ3) is 6.11. The number of aromatic nitrogens is 2. The highest BCUT2D eigenvalue weighted by Gasteiger charge is 2.33. The number of benzene rings is 2. The van der Waals surface area contributed by atoms with Gasteiger partial charge in [0.15, 0.2) is 0 Å². The number of hydrogen-bond acceptors (Lipinski definition) is 6. The molecule has 0 amide bonds. The van der Waals surface area contributed by atoms with Crippen LogP contribution in [0.1, 0.15) is 29.7 Å². The van der Waals surface area contributed by atoms with Gasteiger partial charge >= 0.3 is 0 Å². The second-order valence-corrected chi connectivity index (χ2v) is 9.76. The Balaban J connectivity index is 1.40. The molecule has 1 aliphatic heterocycles. The number of aliphatic hydroxyl groups is 1. The van der Waals surface area contributed by atoms with E-state index in [4.69, 9.17) is 14.6 Å². The maximum absolute atomic E-state index is 10.9. The summed E-state index contributed by atoms with van der Waals surface area (Å²) in [7, 11) is 0. The molecule has 2 aliphatic rings. The predicted octanol–water partition coefficient (Wildman–Crippen LogP) is 3.94. The molecular formula is C28H36N4O3. The van der Waals surface area contributed by atoms with Gasteiger partial charge in [-0.25, -0.2) is 4.68 Å². The number of ether oxygens (including phenoxy) is 2. The number of hydrogen-bond donors (Lipinski definition) is 1. The molecule has 3 aromatic rings. The number of rotatable bonds is 10. The summed E-state index contributed by atoms with van der Waals surface area (Å²) in [6, 6.07) is 18.7. The van der Waals surface area contributed by atoms with Gasteiger partial charge in [0.25, 0.3) is 0 Å². The van der Waals surface area contributed by atoms with Crippen LogP contribution in [0.25, 0.3) is 5.69 Å². The topological polar surface area (TPSA) is 63.0 Å². The molecule has 5 rings (SSSR count).